The first kappa shape index (κ1) is 12.0. The Bertz CT molecular complexity index is 368. The number of nitrogens with zero attached hydrogens (tertiary/aromatic N) is 1. The van der Waals surface area contributed by atoms with Crippen LogP contribution in [0.15, 0.2) is 17.0 Å². The van der Waals surface area contributed by atoms with Crippen molar-refractivity contribution in [2.45, 2.75) is 37.3 Å². The number of pyridine rings is 1. The minimum Gasteiger partial charge on any atom is -0.480 e. The van der Waals surface area contributed by atoms with E-state index in [2.05, 4.69) is 4.98 Å². The van der Waals surface area contributed by atoms with Crippen molar-refractivity contribution in [2.24, 2.45) is 0 Å². The third kappa shape index (κ3) is 3.23. The summed E-state index contributed by atoms with van der Waals surface area (Å²) in [5, 5.41) is 9.00. The number of rotatable bonds is 3. The van der Waals surface area contributed by atoms with E-state index in [1.807, 2.05) is 26.0 Å². The van der Waals surface area contributed by atoms with Gasteiger partial charge in [-0.15, -0.1) is 11.8 Å². The molecular weight excluding hydrogens is 210 g/mol. The Labute approximate surface area is 93.9 Å². The standard InChI is InChI=1S/C11H15NO2S/c1-7-5-9(6-8(2)12-7)15-11(3,4)10(13)14/h5-6H,1-4H3,(H,13,14). The quantitative estimate of drug-likeness (QED) is 0.803. The summed E-state index contributed by atoms with van der Waals surface area (Å²) >= 11 is 1.34. The summed E-state index contributed by atoms with van der Waals surface area (Å²) in [6.45, 7) is 7.21. The van der Waals surface area contributed by atoms with Crippen molar-refractivity contribution in [1.29, 1.82) is 0 Å². The van der Waals surface area contributed by atoms with Crippen molar-refractivity contribution in [2.75, 3.05) is 0 Å². The molecule has 1 N–H and O–H groups in total. The van der Waals surface area contributed by atoms with Crippen LogP contribution < -0.4 is 0 Å². The molecular formula is C11H15NO2S. The van der Waals surface area contributed by atoms with Crippen LogP contribution in [0, 0.1) is 13.8 Å². The number of carboxylic acid groups (broad SMARTS) is 1. The average molecular weight is 225 g/mol. The summed E-state index contributed by atoms with van der Waals surface area (Å²) in [6.07, 6.45) is 0. The molecule has 0 unspecified atom stereocenters. The van der Waals surface area contributed by atoms with Gasteiger partial charge in [-0.05, 0) is 39.8 Å². The fourth-order valence-electron chi connectivity index (χ4n) is 1.19. The lowest BCUT2D eigenvalue weighted by Gasteiger charge is -2.18. The third-order valence-electron chi connectivity index (χ3n) is 1.94. The second-order valence-electron chi connectivity index (χ2n) is 4.00. The molecule has 1 rings (SSSR count). The smallest absolute Gasteiger partial charge is 0.319 e. The van der Waals surface area contributed by atoms with Gasteiger partial charge in [-0.1, -0.05) is 0 Å². The van der Waals surface area contributed by atoms with Crippen LogP contribution in [-0.4, -0.2) is 20.8 Å². The molecule has 82 valence electrons. The summed E-state index contributed by atoms with van der Waals surface area (Å²) < 4.78 is -0.805. The van der Waals surface area contributed by atoms with Crippen molar-refractivity contribution in [3.8, 4) is 0 Å². The fraction of sp³-hybridized carbons (Fsp3) is 0.455. The maximum atomic E-state index is 11.0. The van der Waals surface area contributed by atoms with Crippen LogP contribution in [0.5, 0.6) is 0 Å². The topological polar surface area (TPSA) is 50.2 Å². The van der Waals surface area contributed by atoms with E-state index in [-0.39, 0.29) is 0 Å². The van der Waals surface area contributed by atoms with Crippen LogP contribution in [0.4, 0.5) is 0 Å². The second-order valence-corrected chi connectivity index (χ2v) is 5.70. The molecule has 0 aliphatic rings. The Morgan fingerprint density at radius 1 is 1.33 bits per heavy atom. The van der Waals surface area contributed by atoms with Gasteiger partial charge in [0.25, 0.3) is 0 Å². The van der Waals surface area contributed by atoms with Crippen LogP contribution in [0.1, 0.15) is 25.2 Å². The first-order valence-corrected chi connectivity index (χ1v) is 5.50. The molecule has 0 spiro atoms. The zero-order chi connectivity index (χ0) is 11.6. The second kappa shape index (κ2) is 4.23. The highest BCUT2D eigenvalue weighted by molar-refractivity contribution is 8.01. The molecule has 0 fully saturated rings. The molecule has 0 bridgehead atoms. The molecule has 0 amide bonds. The first-order chi connectivity index (χ1) is 6.81. The predicted octanol–water partition coefficient (Wildman–Crippen LogP) is 2.65. The Kier molecular flexibility index (Phi) is 3.39. The van der Waals surface area contributed by atoms with Crippen molar-refractivity contribution in [3.05, 3.63) is 23.5 Å². The normalized spacial score (nSPS) is 11.5. The zero-order valence-electron chi connectivity index (χ0n) is 9.37. The SMILES string of the molecule is Cc1cc(SC(C)(C)C(=O)O)cc(C)n1. The summed E-state index contributed by atoms with van der Waals surface area (Å²) in [7, 11) is 0. The number of thioether (sulfide) groups is 1. The summed E-state index contributed by atoms with van der Waals surface area (Å²) in [5.74, 6) is -0.806. The van der Waals surface area contributed by atoms with Crippen LogP contribution in [0.25, 0.3) is 0 Å². The molecule has 3 nitrogen and oxygen atoms in total. The molecule has 0 aliphatic heterocycles. The first-order valence-electron chi connectivity index (χ1n) is 4.69. The number of carboxylic acids is 1. The molecule has 0 aliphatic carbocycles. The van der Waals surface area contributed by atoms with E-state index in [0.29, 0.717) is 0 Å². The molecule has 0 aromatic carbocycles. The van der Waals surface area contributed by atoms with Gasteiger partial charge in [-0.2, -0.15) is 0 Å². The summed E-state index contributed by atoms with van der Waals surface area (Å²) in [5.41, 5.74) is 1.83. The number of aromatic nitrogens is 1. The van der Waals surface area contributed by atoms with Crippen LogP contribution in [-0.2, 0) is 4.79 Å². The highest BCUT2D eigenvalue weighted by Crippen LogP contribution is 2.33. The molecule has 1 heterocycles. The van der Waals surface area contributed by atoms with Gasteiger partial charge in [0.15, 0.2) is 0 Å². The van der Waals surface area contributed by atoms with Gasteiger partial charge in [0.05, 0.1) is 0 Å². The van der Waals surface area contributed by atoms with Gasteiger partial charge in [0.2, 0.25) is 0 Å². The summed E-state index contributed by atoms with van der Waals surface area (Å²) in [4.78, 5) is 16.2. The largest absolute Gasteiger partial charge is 0.480 e. The Morgan fingerprint density at radius 3 is 2.20 bits per heavy atom. The molecule has 15 heavy (non-hydrogen) atoms. The molecule has 4 heteroatoms. The molecule has 1 aromatic heterocycles. The van der Waals surface area contributed by atoms with E-state index in [0.717, 1.165) is 16.3 Å². The Hall–Kier alpha value is -1.03. The van der Waals surface area contributed by atoms with Gasteiger partial charge in [0, 0.05) is 16.3 Å². The average Bonchev–Trinajstić information content (AvgIpc) is 1.99. The van der Waals surface area contributed by atoms with E-state index >= 15 is 0 Å². The van der Waals surface area contributed by atoms with E-state index in [1.165, 1.54) is 11.8 Å². The van der Waals surface area contributed by atoms with Crippen molar-refractivity contribution < 1.29 is 9.90 Å². The van der Waals surface area contributed by atoms with E-state index in [9.17, 15) is 4.79 Å². The maximum Gasteiger partial charge on any atom is 0.319 e. The Morgan fingerprint density at radius 2 is 1.80 bits per heavy atom. The predicted molar refractivity (Wildman–Crippen MR) is 61.3 cm³/mol. The molecule has 0 saturated heterocycles. The minimum absolute atomic E-state index is 0.805. The number of carbonyl (C=O) groups is 1. The van der Waals surface area contributed by atoms with E-state index < -0.39 is 10.7 Å². The van der Waals surface area contributed by atoms with Crippen LogP contribution in [0.2, 0.25) is 0 Å². The van der Waals surface area contributed by atoms with Gasteiger partial charge >= 0.3 is 5.97 Å². The van der Waals surface area contributed by atoms with E-state index in [4.69, 9.17) is 5.11 Å². The lowest BCUT2D eigenvalue weighted by atomic mass is 10.2. The Balaban J connectivity index is 2.94. The zero-order valence-corrected chi connectivity index (χ0v) is 10.2. The number of aliphatic carboxylic acids is 1. The molecule has 0 radical (unpaired) electrons. The number of aryl methyl sites for hydroxylation is 2. The molecule has 0 saturated carbocycles. The fourth-order valence-corrected chi connectivity index (χ4v) is 2.33. The number of hydrogen-bond acceptors (Lipinski definition) is 3. The van der Waals surface area contributed by atoms with E-state index in [1.54, 1.807) is 13.8 Å². The van der Waals surface area contributed by atoms with Gasteiger partial charge in [-0.25, -0.2) is 0 Å². The van der Waals surface area contributed by atoms with Crippen LogP contribution in [0.3, 0.4) is 0 Å². The minimum atomic E-state index is -0.806. The maximum absolute atomic E-state index is 11.0. The van der Waals surface area contributed by atoms with Crippen molar-refractivity contribution in [1.82, 2.24) is 4.98 Å². The lowest BCUT2D eigenvalue weighted by molar-refractivity contribution is -0.138. The number of hydrogen-bond donors (Lipinski definition) is 1. The molecule has 1 aromatic rings. The van der Waals surface area contributed by atoms with Crippen LogP contribution >= 0.6 is 11.8 Å². The molecule has 0 atom stereocenters. The van der Waals surface area contributed by atoms with Crippen molar-refractivity contribution in [3.63, 3.8) is 0 Å². The summed E-state index contributed by atoms with van der Waals surface area (Å²) in [6, 6.07) is 3.81. The third-order valence-corrected chi connectivity index (χ3v) is 3.10. The van der Waals surface area contributed by atoms with Gasteiger partial charge in [-0.3, -0.25) is 9.78 Å². The van der Waals surface area contributed by atoms with Gasteiger partial charge < -0.3 is 5.11 Å². The lowest BCUT2D eigenvalue weighted by Crippen LogP contribution is -2.26. The highest BCUT2D eigenvalue weighted by atomic mass is 32.2. The van der Waals surface area contributed by atoms with Gasteiger partial charge in [0.1, 0.15) is 4.75 Å². The monoisotopic (exact) mass is 225 g/mol. The highest BCUT2D eigenvalue weighted by Gasteiger charge is 2.28. The van der Waals surface area contributed by atoms with Crippen molar-refractivity contribution >= 4 is 17.7 Å².